The van der Waals surface area contributed by atoms with Crippen LogP contribution in [0.15, 0.2) is 40.0 Å². The molecule has 21 heavy (non-hydrogen) atoms. The zero-order valence-corrected chi connectivity index (χ0v) is 11.9. The summed E-state index contributed by atoms with van der Waals surface area (Å²) in [5.41, 5.74) is -1.04. The van der Waals surface area contributed by atoms with E-state index >= 15 is 0 Å². The first-order chi connectivity index (χ1) is 9.90. The quantitative estimate of drug-likeness (QED) is 0.610. The number of nitro groups is 2. The van der Waals surface area contributed by atoms with Crippen LogP contribution in [0.1, 0.15) is 5.56 Å². The molecule has 10 heteroatoms. The van der Waals surface area contributed by atoms with E-state index in [1.54, 1.807) is 0 Å². The number of rotatable bonds is 4. The van der Waals surface area contributed by atoms with Gasteiger partial charge in [-0.2, -0.15) is 0 Å². The van der Waals surface area contributed by atoms with Gasteiger partial charge in [-0.1, -0.05) is 0 Å². The summed E-state index contributed by atoms with van der Waals surface area (Å²) in [5, 5.41) is 21.7. The van der Waals surface area contributed by atoms with Crippen molar-refractivity contribution in [2.75, 3.05) is 0 Å². The SMILES string of the molecule is O=c1c(Br)cncn1Cc1ccc([N+](=O)[O-])cc1[N+](=O)[O-]. The number of non-ortho nitro benzene ring substituents is 1. The highest BCUT2D eigenvalue weighted by Gasteiger charge is 2.20. The van der Waals surface area contributed by atoms with Crippen molar-refractivity contribution >= 4 is 27.3 Å². The summed E-state index contributed by atoms with van der Waals surface area (Å²) in [6.45, 7) is -0.112. The van der Waals surface area contributed by atoms with Crippen molar-refractivity contribution in [2.45, 2.75) is 6.54 Å². The smallest absolute Gasteiger partial charge is 0.281 e. The minimum Gasteiger partial charge on any atom is -0.294 e. The van der Waals surface area contributed by atoms with Crippen LogP contribution in [-0.2, 0) is 6.54 Å². The average Bonchev–Trinajstić information content (AvgIpc) is 2.43. The van der Waals surface area contributed by atoms with Gasteiger partial charge in [0.05, 0.1) is 34.3 Å². The molecule has 2 rings (SSSR count). The Hall–Kier alpha value is -2.62. The highest BCUT2D eigenvalue weighted by molar-refractivity contribution is 9.10. The van der Waals surface area contributed by atoms with Crippen molar-refractivity contribution < 1.29 is 9.85 Å². The predicted molar refractivity (Wildman–Crippen MR) is 75.0 cm³/mol. The molecule has 0 saturated carbocycles. The van der Waals surface area contributed by atoms with Gasteiger partial charge >= 0.3 is 0 Å². The second-order valence-corrected chi connectivity index (χ2v) is 4.86. The number of nitrogens with zero attached hydrogens (tertiary/aromatic N) is 4. The lowest BCUT2D eigenvalue weighted by molar-refractivity contribution is -0.394. The van der Waals surface area contributed by atoms with E-state index < -0.39 is 21.1 Å². The van der Waals surface area contributed by atoms with Crippen LogP contribution in [0, 0.1) is 20.2 Å². The third-order valence-corrected chi connectivity index (χ3v) is 3.22. The van der Waals surface area contributed by atoms with Gasteiger partial charge in [-0.3, -0.25) is 29.6 Å². The summed E-state index contributed by atoms with van der Waals surface area (Å²) in [4.78, 5) is 35.8. The third-order valence-electron chi connectivity index (χ3n) is 2.68. The van der Waals surface area contributed by atoms with Crippen LogP contribution >= 0.6 is 15.9 Å². The lowest BCUT2D eigenvalue weighted by Crippen LogP contribution is -2.21. The monoisotopic (exact) mass is 354 g/mol. The molecule has 0 bridgehead atoms. The topological polar surface area (TPSA) is 121 Å². The molecule has 0 amide bonds. The summed E-state index contributed by atoms with van der Waals surface area (Å²) in [5.74, 6) is 0. The van der Waals surface area contributed by atoms with Crippen molar-refractivity contribution in [1.29, 1.82) is 0 Å². The Bertz CT molecular complexity index is 788. The molecule has 1 heterocycles. The fourth-order valence-corrected chi connectivity index (χ4v) is 2.04. The predicted octanol–water partition coefficient (Wildman–Crippen LogP) is 1.87. The molecular formula is C11H7BrN4O5. The second kappa shape index (κ2) is 5.79. The number of hydrogen-bond donors (Lipinski definition) is 0. The number of nitro benzene ring substituents is 2. The first kappa shape index (κ1) is 14.8. The Balaban J connectivity index is 2.49. The number of benzene rings is 1. The maximum atomic E-state index is 11.8. The Morgan fingerprint density at radius 2 is 1.95 bits per heavy atom. The van der Waals surface area contributed by atoms with Crippen molar-refractivity contribution in [1.82, 2.24) is 9.55 Å². The molecule has 0 N–H and O–H groups in total. The molecule has 0 aliphatic carbocycles. The van der Waals surface area contributed by atoms with Crippen LogP contribution in [0.25, 0.3) is 0 Å². The molecule has 0 saturated heterocycles. The van der Waals surface area contributed by atoms with E-state index in [1.165, 1.54) is 18.6 Å². The van der Waals surface area contributed by atoms with Crippen LogP contribution in [0.3, 0.4) is 0 Å². The standard InChI is InChI=1S/C11H7BrN4O5/c12-9-4-13-6-14(11(9)17)5-7-1-2-8(15(18)19)3-10(7)16(20)21/h1-4,6H,5H2. The molecule has 0 fully saturated rings. The molecule has 108 valence electrons. The Morgan fingerprint density at radius 3 is 2.57 bits per heavy atom. The molecular weight excluding hydrogens is 348 g/mol. The van der Waals surface area contributed by atoms with Gasteiger partial charge in [-0.15, -0.1) is 0 Å². The molecule has 9 nitrogen and oxygen atoms in total. The van der Waals surface area contributed by atoms with Crippen LogP contribution in [0.4, 0.5) is 11.4 Å². The zero-order valence-electron chi connectivity index (χ0n) is 10.3. The molecule has 0 aliphatic heterocycles. The lowest BCUT2D eigenvalue weighted by Gasteiger charge is -2.06. The molecule has 0 aliphatic rings. The summed E-state index contributed by atoms with van der Waals surface area (Å²) in [6, 6.07) is 3.27. The van der Waals surface area contributed by atoms with Crippen molar-refractivity contribution in [2.24, 2.45) is 0 Å². The van der Waals surface area contributed by atoms with Gasteiger partial charge in [0.25, 0.3) is 16.9 Å². The van der Waals surface area contributed by atoms with Gasteiger partial charge < -0.3 is 0 Å². The van der Waals surface area contributed by atoms with E-state index in [0.717, 1.165) is 16.7 Å². The first-order valence-corrected chi connectivity index (χ1v) is 6.31. The van der Waals surface area contributed by atoms with Crippen molar-refractivity contribution in [3.63, 3.8) is 0 Å². The van der Waals surface area contributed by atoms with Gasteiger partial charge in [0.15, 0.2) is 0 Å². The Kier molecular flexibility index (Phi) is 4.08. The fraction of sp³-hybridized carbons (Fsp3) is 0.0909. The van der Waals surface area contributed by atoms with Crippen LogP contribution in [0.5, 0.6) is 0 Å². The van der Waals surface area contributed by atoms with Crippen molar-refractivity contribution in [3.8, 4) is 0 Å². The number of aromatic nitrogens is 2. The fourth-order valence-electron chi connectivity index (χ4n) is 1.69. The summed E-state index contributed by atoms with van der Waals surface area (Å²) >= 11 is 3.02. The van der Waals surface area contributed by atoms with E-state index in [1.807, 2.05) is 0 Å². The number of hydrogen-bond acceptors (Lipinski definition) is 6. The van der Waals surface area contributed by atoms with Gasteiger partial charge in [-0.25, -0.2) is 4.98 Å². The van der Waals surface area contributed by atoms with Gasteiger partial charge in [0.2, 0.25) is 0 Å². The highest BCUT2D eigenvalue weighted by atomic mass is 79.9. The van der Waals surface area contributed by atoms with Gasteiger partial charge in [-0.05, 0) is 22.0 Å². The van der Waals surface area contributed by atoms with E-state index in [9.17, 15) is 25.0 Å². The second-order valence-electron chi connectivity index (χ2n) is 4.00. The molecule has 1 aromatic carbocycles. The summed E-state index contributed by atoms with van der Waals surface area (Å²) in [6.07, 6.45) is 2.54. The van der Waals surface area contributed by atoms with Crippen molar-refractivity contribution in [3.05, 3.63) is 71.3 Å². The van der Waals surface area contributed by atoms with Crippen LogP contribution in [0.2, 0.25) is 0 Å². The Morgan fingerprint density at radius 1 is 1.24 bits per heavy atom. The molecule has 0 unspecified atom stereocenters. The van der Waals surface area contributed by atoms with E-state index in [0.29, 0.717) is 0 Å². The third kappa shape index (κ3) is 3.11. The zero-order chi connectivity index (χ0) is 15.6. The summed E-state index contributed by atoms with van der Waals surface area (Å²) < 4.78 is 1.38. The summed E-state index contributed by atoms with van der Waals surface area (Å²) in [7, 11) is 0. The molecule has 2 aromatic rings. The number of halogens is 1. The van der Waals surface area contributed by atoms with Crippen LogP contribution in [-0.4, -0.2) is 19.4 Å². The van der Waals surface area contributed by atoms with Gasteiger partial charge in [0, 0.05) is 12.3 Å². The Labute approximate surface area is 125 Å². The molecule has 0 atom stereocenters. The van der Waals surface area contributed by atoms with Crippen LogP contribution < -0.4 is 5.56 Å². The normalized spacial score (nSPS) is 10.3. The first-order valence-electron chi connectivity index (χ1n) is 5.52. The van der Waals surface area contributed by atoms with Gasteiger partial charge in [0.1, 0.15) is 4.47 Å². The average molecular weight is 355 g/mol. The minimum atomic E-state index is -0.723. The largest absolute Gasteiger partial charge is 0.294 e. The molecule has 0 spiro atoms. The molecule has 1 aromatic heterocycles. The maximum absolute atomic E-state index is 11.8. The van der Waals surface area contributed by atoms with E-state index in [2.05, 4.69) is 20.9 Å². The highest BCUT2D eigenvalue weighted by Crippen LogP contribution is 2.25. The van der Waals surface area contributed by atoms with E-state index in [-0.39, 0.29) is 22.3 Å². The molecule has 0 radical (unpaired) electrons. The van der Waals surface area contributed by atoms with E-state index in [4.69, 9.17) is 0 Å². The maximum Gasteiger partial charge on any atom is 0.281 e. The lowest BCUT2D eigenvalue weighted by atomic mass is 10.1. The minimum absolute atomic E-state index is 0.112.